The van der Waals surface area contributed by atoms with Crippen molar-refractivity contribution in [1.82, 2.24) is 9.88 Å². The maximum atomic E-state index is 15.7. The lowest BCUT2D eigenvalue weighted by Gasteiger charge is -2.41. The Bertz CT molecular complexity index is 1230. The highest BCUT2D eigenvalue weighted by Crippen LogP contribution is 2.41. The van der Waals surface area contributed by atoms with Crippen molar-refractivity contribution >= 4 is 22.7 Å². The zero-order chi connectivity index (χ0) is 27.3. The van der Waals surface area contributed by atoms with E-state index in [2.05, 4.69) is 9.88 Å². The van der Waals surface area contributed by atoms with Crippen LogP contribution in [0.15, 0.2) is 41.4 Å². The monoisotopic (exact) mass is 552 g/mol. The summed E-state index contributed by atoms with van der Waals surface area (Å²) >= 11 is 1.01. The van der Waals surface area contributed by atoms with Crippen molar-refractivity contribution in [2.75, 3.05) is 39.1 Å². The van der Waals surface area contributed by atoms with Crippen LogP contribution in [-0.2, 0) is 6.61 Å². The highest BCUT2D eigenvalue weighted by atomic mass is 32.2. The summed E-state index contributed by atoms with van der Waals surface area (Å²) in [6.07, 6.45) is 2.13. The van der Waals surface area contributed by atoms with Gasteiger partial charge in [0.15, 0.2) is 0 Å². The molecule has 4 rings (SSSR count). The van der Waals surface area contributed by atoms with Crippen molar-refractivity contribution in [3.8, 4) is 5.75 Å². The number of piperidine rings is 1. The van der Waals surface area contributed by atoms with Gasteiger partial charge in [0.2, 0.25) is 0 Å². The predicted octanol–water partition coefficient (Wildman–Crippen LogP) is 5.81. The molecule has 38 heavy (non-hydrogen) atoms. The Morgan fingerprint density at radius 3 is 2.45 bits per heavy atom. The number of aliphatic hydroxyl groups is 2. The SMILES string of the molecule is COc1ccc2ncc(CO)c([C@@H](F)CCC3(CO)CCN(CCSc4c(F)cc(F)cc4F)CC3)c2c1. The number of hydrogen-bond donors (Lipinski definition) is 2. The minimum absolute atomic E-state index is 0.0634. The fourth-order valence-electron chi connectivity index (χ4n) is 5.12. The van der Waals surface area contributed by atoms with Crippen LogP contribution < -0.4 is 4.74 Å². The molecule has 0 bridgehead atoms. The summed E-state index contributed by atoms with van der Waals surface area (Å²) in [5.41, 5.74) is 1.02. The van der Waals surface area contributed by atoms with Crippen LogP contribution in [0.3, 0.4) is 0 Å². The van der Waals surface area contributed by atoms with Gasteiger partial charge < -0.3 is 19.8 Å². The summed E-state index contributed by atoms with van der Waals surface area (Å²) in [7, 11) is 1.53. The van der Waals surface area contributed by atoms with E-state index in [0.717, 1.165) is 11.8 Å². The van der Waals surface area contributed by atoms with E-state index in [1.807, 2.05) is 0 Å². The number of likely N-dealkylation sites (tertiary alicyclic amines) is 1. The van der Waals surface area contributed by atoms with E-state index in [1.165, 1.54) is 13.3 Å². The van der Waals surface area contributed by atoms with E-state index >= 15 is 4.39 Å². The van der Waals surface area contributed by atoms with E-state index in [9.17, 15) is 23.4 Å². The Hall–Kier alpha value is -2.40. The van der Waals surface area contributed by atoms with Gasteiger partial charge in [0.05, 0.1) is 24.1 Å². The number of hydrogen-bond acceptors (Lipinski definition) is 6. The number of pyridine rings is 1. The topological polar surface area (TPSA) is 65.8 Å². The largest absolute Gasteiger partial charge is 0.497 e. The highest BCUT2D eigenvalue weighted by molar-refractivity contribution is 7.99. The Kier molecular flexibility index (Phi) is 9.51. The van der Waals surface area contributed by atoms with Crippen molar-refractivity contribution in [1.29, 1.82) is 0 Å². The second-order valence-corrected chi connectivity index (χ2v) is 10.9. The average Bonchev–Trinajstić information content (AvgIpc) is 2.92. The summed E-state index contributed by atoms with van der Waals surface area (Å²) in [4.78, 5) is 6.29. The molecular formula is C28H32F4N2O3S. The molecule has 0 aliphatic carbocycles. The van der Waals surface area contributed by atoms with Gasteiger partial charge in [0, 0.05) is 53.7 Å². The number of nitrogens with zero attached hydrogens (tertiary/aromatic N) is 2. The van der Waals surface area contributed by atoms with E-state index in [1.54, 1.807) is 18.2 Å². The molecule has 2 aromatic carbocycles. The maximum Gasteiger partial charge on any atom is 0.142 e. The number of aliphatic hydroxyl groups excluding tert-OH is 2. The third-order valence-corrected chi connectivity index (χ3v) is 8.55. The number of aromatic nitrogens is 1. The van der Waals surface area contributed by atoms with Gasteiger partial charge in [-0.1, -0.05) is 0 Å². The highest BCUT2D eigenvalue weighted by Gasteiger charge is 2.35. The van der Waals surface area contributed by atoms with Gasteiger partial charge in [-0.3, -0.25) is 4.98 Å². The van der Waals surface area contributed by atoms with Crippen LogP contribution in [0.5, 0.6) is 5.75 Å². The number of methoxy groups -OCH3 is 1. The molecule has 2 N–H and O–H groups in total. The second-order valence-electron chi connectivity index (χ2n) is 9.79. The molecule has 0 radical (unpaired) electrons. The van der Waals surface area contributed by atoms with Crippen LogP contribution >= 0.6 is 11.8 Å². The number of ether oxygens (including phenoxy) is 1. The lowest BCUT2D eigenvalue weighted by atomic mass is 9.74. The molecule has 1 saturated heterocycles. The van der Waals surface area contributed by atoms with E-state index in [4.69, 9.17) is 4.74 Å². The number of halogens is 4. The van der Waals surface area contributed by atoms with Crippen molar-refractivity contribution in [2.24, 2.45) is 5.41 Å². The molecule has 5 nitrogen and oxygen atoms in total. The van der Waals surface area contributed by atoms with E-state index < -0.39 is 29.0 Å². The van der Waals surface area contributed by atoms with Crippen LogP contribution in [-0.4, -0.2) is 59.2 Å². The van der Waals surface area contributed by atoms with Crippen molar-refractivity contribution in [3.05, 3.63) is 65.1 Å². The molecule has 0 unspecified atom stereocenters. The van der Waals surface area contributed by atoms with Gasteiger partial charge in [0.1, 0.15) is 29.4 Å². The lowest BCUT2D eigenvalue weighted by molar-refractivity contribution is 0.0322. The molecule has 1 fully saturated rings. The first-order valence-electron chi connectivity index (χ1n) is 12.6. The lowest BCUT2D eigenvalue weighted by Crippen LogP contribution is -2.43. The van der Waals surface area contributed by atoms with Crippen molar-refractivity contribution in [3.63, 3.8) is 0 Å². The van der Waals surface area contributed by atoms with E-state index in [0.29, 0.717) is 84.6 Å². The van der Waals surface area contributed by atoms with E-state index in [-0.39, 0.29) is 24.5 Å². The Balaban J connectivity index is 1.35. The van der Waals surface area contributed by atoms with Gasteiger partial charge >= 0.3 is 0 Å². The first kappa shape index (κ1) is 28.6. The molecule has 1 aliphatic heterocycles. The fraction of sp³-hybridized carbons (Fsp3) is 0.464. The summed E-state index contributed by atoms with van der Waals surface area (Å²) in [5.74, 6) is -1.75. The molecule has 10 heteroatoms. The number of thioether (sulfide) groups is 1. The van der Waals surface area contributed by atoms with Gasteiger partial charge in [-0.05, 0) is 62.4 Å². The molecule has 1 aliphatic rings. The molecule has 0 spiro atoms. The minimum atomic E-state index is -1.35. The minimum Gasteiger partial charge on any atom is -0.497 e. The van der Waals surface area contributed by atoms with Gasteiger partial charge in [-0.2, -0.15) is 0 Å². The maximum absolute atomic E-state index is 15.7. The Morgan fingerprint density at radius 1 is 1.11 bits per heavy atom. The zero-order valence-electron chi connectivity index (χ0n) is 21.2. The average molecular weight is 553 g/mol. The number of alkyl halides is 1. The summed E-state index contributed by atoms with van der Waals surface area (Å²) < 4.78 is 61.9. The zero-order valence-corrected chi connectivity index (χ0v) is 22.0. The van der Waals surface area contributed by atoms with Crippen LogP contribution in [0.1, 0.15) is 43.0 Å². The summed E-state index contributed by atoms with van der Waals surface area (Å²) in [5, 5.41) is 20.7. The van der Waals surface area contributed by atoms with Gasteiger partial charge in [-0.25, -0.2) is 17.6 Å². The molecule has 1 atom stereocenters. The summed E-state index contributed by atoms with van der Waals surface area (Å²) in [6, 6.07) is 6.59. The quantitative estimate of drug-likeness (QED) is 0.231. The van der Waals surface area contributed by atoms with Gasteiger partial charge in [0.25, 0.3) is 0 Å². The van der Waals surface area contributed by atoms with Gasteiger partial charge in [-0.15, -0.1) is 11.8 Å². The van der Waals surface area contributed by atoms with Crippen LogP contribution in [0.25, 0.3) is 10.9 Å². The first-order chi connectivity index (χ1) is 18.3. The third kappa shape index (κ3) is 6.42. The number of rotatable bonds is 11. The second kappa shape index (κ2) is 12.6. The molecule has 1 aromatic heterocycles. The Morgan fingerprint density at radius 2 is 1.82 bits per heavy atom. The smallest absolute Gasteiger partial charge is 0.142 e. The normalized spacial score (nSPS) is 16.6. The molecule has 0 amide bonds. The Labute approximate surface area is 223 Å². The van der Waals surface area contributed by atoms with Crippen LogP contribution in [0.2, 0.25) is 0 Å². The van der Waals surface area contributed by atoms with Crippen LogP contribution in [0, 0.1) is 22.9 Å². The van der Waals surface area contributed by atoms with Crippen molar-refractivity contribution in [2.45, 2.75) is 43.4 Å². The number of fused-ring (bicyclic) bond motifs is 1. The standard InChI is InChI=1S/C28H32F4N2O3S/c1-37-20-2-3-25-21(14-20)26(18(16-35)15-33-25)22(30)4-5-28(17-36)6-8-34(9-7-28)10-11-38-27-23(31)12-19(29)13-24(27)32/h2-3,12-15,22,35-36H,4-11,16-17H2,1H3/t22-/m0/s1. The molecule has 2 heterocycles. The predicted molar refractivity (Wildman–Crippen MR) is 140 cm³/mol. The molecule has 206 valence electrons. The summed E-state index contributed by atoms with van der Waals surface area (Å²) in [6.45, 7) is 1.53. The molecule has 3 aromatic rings. The number of benzene rings is 2. The molecular weight excluding hydrogens is 520 g/mol. The van der Waals surface area contributed by atoms with Crippen molar-refractivity contribution < 1.29 is 32.5 Å². The van der Waals surface area contributed by atoms with Crippen LogP contribution in [0.4, 0.5) is 17.6 Å². The first-order valence-corrected chi connectivity index (χ1v) is 13.6. The molecule has 0 saturated carbocycles. The third-order valence-electron chi connectivity index (χ3n) is 7.48. The fourth-order valence-corrected chi connectivity index (χ4v) is 6.06.